The lowest BCUT2D eigenvalue weighted by molar-refractivity contribution is 0.216. The Balaban J connectivity index is 2.18. The molecule has 1 rings (SSSR count). The van der Waals surface area contributed by atoms with E-state index in [0.717, 1.165) is 32.3 Å². The van der Waals surface area contributed by atoms with Gasteiger partial charge in [0.05, 0.1) is 0 Å². The molecule has 1 aliphatic rings. The first-order valence-corrected chi connectivity index (χ1v) is 6.11. The molecule has 0 aromatic carbocycles. The van der Waals surface area contributed by atoms with Crippen LogP contribution in [0.2, 0.25) is 0 Å². The average Bonchev–Trinajstić information content (AvgIpc) is 2.16. The second-order valence-corrected chi connectivity index (χ2v) is 5.12. The summed E-state index contributed by atoms with van der Waals surface area (Å²) in [5.41, 5.74) is 0. The molecule has 0 aromatic rings. The summed E-state index contributed by atoms with van der Waals surface area (Å²) in [7, 11) is 2.11. The number of nitrogens with one attached hydrogen (secondary N) is 1. The fourth-order valence-electron chi connectivity index (χ4n) is 1.35. The molecule has 0 unspecified atom stereocenters. The molecule has 0 aliphatic carbocycles. The third-order valence-electron chi connectivity index (χ3n) is 2.14. The second-order valence-electron chi connectivity index (χ2n) is 2.95. The smallest absolute Gasteiger partial charge is 0.335 e. The second kappa shape index (κ2) is 5.66. The first kappa shape index (κ1) is 10.1. The summed E-state index contributed by atoms with van der Waals surface area (Å²) in [5.74, 6) is 0. The molecule has 0 spiro atoms. The van der Waals surface area contributed by atoms with Crippen molar-refractivity contribution in [1.29, 1.82) is 0 Å². The van der Waals surface area contributed by atoms with Gasteiger partial charge in [-0.2, -0.15) is 0 Å². The summed E-state index contributed by atoms with van der Waals surface area (Å²) >= 11 is 0. The summed E-state index contributed by atoms with van der Waals surface area (Å²) in [6.07, 6.45) is 1.01. The van der Waals surface area contributed by atoms with Crippen LogP contribution in [0, 0.1) is 0 Å². The van der Waals surface area contributed by atoms with Crippen molar-refractivity contribution in [2.45, 2.75) is 0 Å². The summed E-state index contributed by atoms with van der Waals surface area (Å²) in [6, 6.07) is 0. The van der Waals surface area contributed by atoms with Gasteiger partial charge in [-0.3, -0.25) is 4.90 Å². The highest BCUT2D eigenvalue weighted by Crippen LogP contribution is 1.95. The molecule has 1 fully saturated rings. The Bertz CT molecular complexity index is 116. The van der Waals surface area contributed by atoms with Crippen molar-refractivity contribution in [3.63, 3.8) is 0 Å². The molecule has 1 N–H and O–H groups in total. The van der Waals surface area contributed by atoms with Gasteiger partial charge in [0.15, 0.2) is 0 Å². The summed E-state index contributed by atoms with van der Waals surface area (Å²) in [4.78, 5) is 2.40. The topological polar surface area (TPSA) is 33.7 Å². The van der Waals surface area contributed by atoms with Gasteiger partial charge < -0.3 is 14.2 Å². The standard InChI is InChI=1S/C7H18N2O2Si/c1-10-12(11-2)7-9-5-3-8-4-6-9/h8,12H,3-7H2,1-2H3. The molecular weight excluding hydrogens is 172 g/mol. The van der Waals surface area contributed by atoms with E-state index in [1.54, 1.807) is 14.2 Å². The minimum atomic E-state index is -1.37. The highest BCUT2D eigenvalue weighted by molar-refractivity contribution is 6.44. The maximum Gasteiger partial charge on any atom is 0.335 e. The normalized spacial score (nSPS) is 20.2. The lowest BCUT2D eigenvalue weighted by Crippen LogP contribution is -2.48. The molecule has 0 bridgehead atoms. The van der Waals surface area contributed by atoms with Gasteiger partial charge in [-0.05, 0) is 0 Å². The van der Waals surface area contributed by atoms with Crippen molar-refractivity contribution < 1.29 is 8.85 Å². The van der Waals surface area contributed by atoms with Crippen molar-refractivity contribution in [2.75, 3.05) is 46.6 Å². The van der Waals surface area contributed by atoms with Crippen LogP contribution >= 0.6 is 0 Å². The Morgan fingerprint density at radius 1 is 1.25 bits per heavy atom. The summed E-state index contributed by atoms with van der Waals surface area (Å²) in [6.45, 7) is 4.43. The van der Waals surface area contributed by atoms with Crippen LogP contribution in [0.25, 0.3) is 0 Å². The molecular formula is C7H18N2O2Si. The molecule has 0 atom stereocenters. The maximum atomic E-state index is 5.26. The monoisotopic (exact) mass is 190 g/mol. The van der Waals surface area contributed by atoms with E-state index in [9.17, 15) is 0 Å². The highest BCUT2D eigenvalue weighted by atomic mass is 28.3. The fraction of sp³-hybridized carbons (Fsp3) is 1.00. The maximum absolute atomic E-state index is 5.26. The van der Waals surface area contributed by atoms with Crippen LogP contribution in [0.3, 0.4) is 0 Å². The van der Waals surface area contributed by atoms with Gasteiger partial charge in [0.2, 0.25) is 0 Å². The van der Waals surface area contributed by atoms with E-state index in [0.29, 0.717) is 0 Å². The molecule has 1 aliphatic heterocycles. The predicted molar refractivity (Wildman–Crippen MR) is 50.5 cm³/mol. The quantitative estimate of drug-likeness (QED) is 0.573. The molecule has 0 aromatic heterocycles. The van der Waals surface area contributed by atoms with E-state index in [4.69, 9.17) is 8.85 Å². The number of nitrogens with zero attached hydrogens (tertiary/aromatic N) is 1. The van der Waals surface area contributed by atoms with Crippen LogP contribution in [0.15, 0.2) is 0 Å². The zero-order valence-corrected chi connectivity index (χ0v) is 9.03. The lowest BCUT2D eigenvalue weighted by atomic mass is 10.4. The Morgan fingerprint density at radius 3 is 2.33 bits per heavy atom. The molecule has 0 amide bonds. The van der Waals surface area contributed by atoms with Crippen molar-refractivity contribution in [3.8, 4) is 0 Å². The molecule has 5 heteroatoms. The van der Waals surface area contributed by atoms with Gasteiger partial charge in [-0.1, -0.05) is 0 Å². The predicted octanol–water partition coefficient (Wildman–Crippen LogP) is -1.06. The van der Waals surface area contributed by atoms with E-state index >= 15 is 0 Å². The average molecular weight is 190 g/mol. The Morgan fingerprint density at radius 2 is 1.83 bits per heavy atom. The third kappa shape index (κ3) is 3.20. The number of rotatable bonds is 4. The van der Waals surface area contributed by atoms with E-state index < -0.39 is 9.28 Å². The van der Waals surface area contributed by atoms with Crippen molar-refractivity contribution in [3.05, 3.63) is 0 Å². The Labute approximate surface area is 75.7 Å². The van der Waals surface area contributed by atoms with Gasteiger partial charge >= 0.3 is 9.28 Å². The van der Waals surface area contributed by atoms with Crippen LogP contribution in [0.4, 0.5) is 0 Å². The zero-order chi connectivity index (χ0) is 8.81. The largest absolute Gasteiger partial charge is 0.399 e. The van der Waals surface area contributed by atoms with Gasteiger partial charge in [0.25, 0.3) is 0 Å². The van der Waals surface area contributed by atoms with Crippen LogP contribution in [-0.2, 0) is 8.85 Å². The molecule has 12 heavy (non-hydrogen) atoms. The Hall–Kier alpha value is 0.0569. The van der Waals surface area contributed by atoms with Crippen molar-refractivity contribution in [1.82, 2.24) is 10.2 Å². The van der Waals surface area contributed by atoms with E-state index in [1.807, 2.05) is 0 Å². The van der Waals surface area contributed by atoms with Crippen LogP contribution in [-0.4, -0.2) is 60.8 Å². The number of hydrogen-bond donors (Lipinski definition) is 1. The lowest BCUT2D eigenvalue weighted by Gasteiger charge is -2.28. The summed E-state index contributed by atoms with van der Waals surface area (Å²) in [5, 5.41) is 3.32. The highest BCUT2D eigenvalue weighted by Gasteiger charge is 2.17. The fourth-order valence-corrected chi connectivity index (χ4v) is 2.63. The molecule has 0 saturated carbocycles. The first-order valence-electron chi connectivity index (χ1n) is 4.35. The van der Waals surface area contributed by atoms with Crippen molar-refractivity contribution >= 4 is 9.28 Å². The van der Waals surface area contributed by atoms with Crippen LogP contribution < -0.4 is 5.32 Å². The molecule has 0 radical (unpaired) electrons. The first-order chi connectivity index (χ1) is 5.86. The van der Waals surface area contributed by atoms with E-state index in [2.05, 4.69) is 10.2 Å². The van der Waals surface area contributed by atoms with E-state index in [1.165, 1.54) is 0 Å². The number of piperazine rings is 1. The Kier molecular flexibility index (Phi) is 4.78. The minimum Gasteiger partial charge on any atom is -0.399 e. The number of hydrogen-bond acceptors (Lipinski definition) is 4. The van der Waals surface area contributed by atoms with Crippen LogP contribution in [0.5, 0.6) is 0 Å². The molecule has 72 valence electrons. The molecule has 1 saturated heterocycles. The van der Waals surface area contributed by atoms with Crippen molar-refractivity contribution in [2.24, 2.45) is 0 Å². The molecule has 4 nitrogen and oxygen atoms in total. The minimum absolute atomic E-state index is 1.01. The SMILES string of the molecule is CO[SiH](CN1CCNCC1)OC. The van der Waals surface area contributed by atoms with Gasteiger partial charge in [-0.15, -0.1) is 0 Å². The van der Waals surface area contributed by atoms with Gasteiger partial charge in [-0.25, -0.2) is 0 Å². The third-order valence-corrected chi connectivity index (χ3v) is 4.01. The summed E-state index contributed by atoms with van der Waals surface area (Å²) < 4.78 is 10.5. The zero-order valence-electron chi connectivity index (χ0n) is 7.88. The van der Waals surface area contributed by atoms with Crippen LogP contribution in [0.1, 0.15) is 0 Å². The van der Waals surface area contributed by atoms with E-state index in [-0.39, 0.29) is 0 Å². The molecule has 1 heterocycles. The van der Waals surface area contributed by atoms with Gasteiger partial charge in [0.1, 0.15) is 0 Å². The van der Waals surface area contributed by atoms with Gasteiger partial charge in [0, 0.05) is 46.6 Å².